The molecule has 0 aliphatic rings. The van der Waals surface area contributed by atoms with Gasteiger partial charge in [0.15, 0.2) is 6.29 Å². The van der Waals surface area contributed by atoms with E-state index in [4.69, 9.17) is 4.74 Å². The number of pyridine rings is 1. The smallest absolute Gasteiger partial charge is 0.407 e. The summed E-state index contributed by atoms with van der Waals surface area (Å²) >= 11 is 0. The SMILES string of the molecule is CC(C)(C)OC(=O)NCCc1cc(C=O)[nH]c(=O)c1. The van der Waals surface area contributed by atoms with Gasteiger partial charge in [0, 0.05) is 12.6 Å². The minimum atomic E-state index is -0.543. The van der Waals surface area contributed by atoms with Crippen molar-refractivity contribution in [3.8, 4) is 0 Å². The third-order valence-corrected chi connectivity index (χ3v) is 2.13. The van der Waals surface area contributed by atoms with Crippen molar-refractivity contribution in [2.24, 2.45) is 0 Å². The second kappa shape index (κ2) is 6.17. The minimum absolute atomic E-state index is 0.222. The first-order valence-corrected chi connectivity index (χ1v) is 5.95. The maximum atomic E-state index is 11.4. The van der Waals surface area contributed by atoms with Crippen LogP contribution in [0.5, 0.6) is 0 Å². The third kappa shape index (κ3) is 5.85. The summed E-state index contributed by atoms with van der Waals surface area (Å²) in [6.45, 7) is 5.66. The predicted octanol–water partition coefficient (Wildman–Crippen LogP) is 1.25. The number of rotatable bonds is 4. The van der Waals surface area contributed by atoms with Crippen LogP contribution in [0.15, 0.2) is 16.9 Å². The summed E-state index contributed by atoms with van der Waals surface area (Å²) in [6, 6.07) is 2.97. The van der Waals surface area contributed by atoms with E-state index in [1.54, 1.807) is 26.8 Å². The molecule has 0 saturated heterocycles. The molecule has 104 valence electrons. The highest BCUT2D eigenvalue weighted by Gasteiger charge is 2.15. The van der Waals surface area contributed by atoms with Crippen molar-refractivity contribution in [3.05, 3.63) is 33.7 Å². The van der Waals surface area contributed by atoms with E-state index >= 15 is 0 Å². The zero-order valence-corrected chi connectivity index (χ0v) is 11.3. The van der Waals surface area contributed by atoms with Gasteiger partial charge in [-0.05, 0) is 38.8 Å². The zero-order chi connectivity index (χ0) is 14.5. The summed E-state index contributed by atoms with van der Waals surface area (Å²) in [5, 5.41) is 2.58. The Bertz CT molecular complexity index is 514. The third-order valence-electron chi connectivity index (χ3n) is 2.13. The second-order valence-corrected chi connectivity index (χ2v) is 5.10. The topological polar surface area (TPSA) is 88.3 Å². The molecule has 1 amide bonds. The number of hydrogen-bond acceptors (Lipinski definition) is 4. The van der Waals surface area contributed by atoms with Crippen molar-refractivity contribution in [2.75, 3.05) is 6.54 Å². The molecule has 1 aromatic rings. The highest BCUT2D eigenvalue weighted by molar-refractivity contribution is 5.71. The lowest BCUT2D eigenvalue weighted by Crippen LogP contribution is -2.33. The van der Waals surface area contributed by atoms with Crippen molar-refractivity contribution >= 4 is 12.4 Å². The molecule has 1 heterocycles. The minimum Gasteiger partial charge on any atom is -0.444 e. The van der Waals surface area contributed by atoms with E-state index in [1.165, 1.54) is 6.07 Å². The average Bonchev–Trinajstić information content (AvgIpc) is 2.25. The first kappa shape index (κ1) is 14.9. The molecule has 0 aliphatic heterocycles. The maximum Gasteiger partial charge on any atom is 0.407 e. The molecular weight excluding hydrogens is 248 g/mol. The zero-order valence-electron chi connectivity index (χ0n) is 11.3. The lowest BCUT2D eigenvalue weighted by atomic mass is 10.1. The average molecular weight is 266 g/mol. The van der Waals surface area contributed by atoms with Crippen LogP contribution >= 0.6 is 0 Å². The number of ether oxygens (including phenoxy) is 1. The number of nitrogens with one attached hydrogen (secondary N) is 2. The molecule has 0 atom stereocenters. The van der Waals surface area contributed by atoms with E-state index in [0.717, 1.165) is 0 Å². The number of carbonyl (C=O) groups is 2. The Morgan fingerprint density at radius 3 is 2.68 bits per heavy atom. The fraction of sp³-hybridized carbons (Fsp3) is 0.462. The standard InChI is InChI=1S/C13H18N2O4/c1-13(2,3)19-12(18)14-5-4-9-6-10(8-16)15-11(17)7-9/h6-8H,4-5H2,1-3H3,(H,14,18)(H,15,17). The van der Waals surface area contributed by atoms with Gasteiger partial charge in [0.25, 0.3) is 0 Å². The lowest BCUT2D eigenvalue weighted by Gasteiger charge is -2.19. The largest absolute Gasteiger partial charge is 0.444 e. The molecule has 0 bridgehead atoms. The molecule has 19 heavy (non-hydrogen) atoms. The Kier molecular flexibility index (Phi) is 4.86. The van der Waals surface area contributed by atoms with Crippen LogP contribution in [0, 0.1) is 0 Å². The Balaban J connectivity index is 2.49. The van der Waals surface area contributed by atoms with Gasteiger partial charge in [-0.25, -0.2) is 4.79 Å². The van der Waals surface area contributed by atoms with Crippen molar-refractivity contribution < 1.29 is 14.3 Å². The Labute approximate surface area is 111 Å². The van der Waals surface area contributed by atoms with E-state index in [1.807, 2.05) is 0 Å². The quantitative estimate of drug-likeness (QED) is 0.803. The van der Waals surface area contributed by atoms with Gasteiger partial charge in [-0.1, -0.05) is 0 Å². The van der Waals surface area contributed by atoms with Crippen LogP contribution in [0.3, 0.4) is 0 Å². The van der Waals surface area contributed by atoms with Crippen molar-refractivity contribution in [1.82, 2.24) is 10.3 Å². The number of aromatic nitrogens is 1. The van der Waals surface area contributed by atoms with Crippen LogP contribution in [0.2, 0.25) is 0 Å². The van der Waals surface area contributed by atoms with Crippen molar-refractivity contribution in [2.45, 2.75) is 32.8 Å². The van der Waals surface area contributed by atoms with E-state index in [-0.39, 0.29) is 11.3 Å². The maximum absolute atomic E-state index is 11.4. The number of carbonyl (C=O) groups excluding carboxylic acids is 2. The Hall–Kier alpha value is -2.11. The number of hydrogen-bond donors (Lipinski definition) is 2. The number of aldehydes is 1. The van der Waals surface area contributed by atoms with Gasteiger partial charge < -0.3 is 15.0 Å². The summed E-state index contributed by atoms with van der Waals surface area (Å²) in [7, 11) is 0. The molecule has 6 heteroatoms. The van der Waals surface area contributed by atoms with Crippen LogP contribution in [0.4, 0.5) is 4.79 Å². The number of amides is 1. The van der Waals surface area contributed by atoms with Crippen LogP contribution in [0.25, 0.3) is 0 Å². The van der Waals surface area contributed by atoms with E-state index < -0.39 is 11.7 Å². The molecule has 0 spiro atoms. The van der Waals surface area contributed by atoms with Crippen LogP contribution in [-0.4, -0.2) is 29.5 Å². The summed E-state index contributed by atoms with van der Waals surface area (Å²) < 4.78 is 5.07. The molecule has 0 aliphatic carbocycles. The van der Waals surface area contributed by atoms with E-state index in [2.05, 4.69) is 10.3 Å². The molecule has 1 aromatic heterocycles. The second-order valence-electron chi connectivity index (χ2n) is 5.10. The van der Waals surface area contributed by atoms with Crippen molar-refractivity contribution in [3.63, 3.8) is 0 Å². The molecule has 0 aromatic carbocycles. The molecule has 0 radical (unpaired) electrons. The fourth-order valence-corrected chi connectivity index (χ4v) is 1.46. The number of alkyl carbamates (subject to hydrolysis) is 1. The van der Waals surface area contributed by atoms with Gasteiger partial charge >= 0.3 is 6.09 Å². The van der Waals surface area contributed by atoms with Gasteiger partial charge in [-0.3, -0.25) is 9.59 Å². The number of H-pyrrole nitrogens is 1. The molecule has 0 saturated carbocycles. The highest BCUT2D eigenvalue weighted by Crippen LogP contribution is 2.06. The van der Waals surface area contributed by atoms with Crippen LogP contribution < -0.4 is 10.9 Å². The molecule has 2 N–H and O–H groups in total. The van der Waals surface area contributed by atoms with Gasteiger partial charge in [-0.15, -0.1) is 0 Å². The van der Waals surface area contributed by atoms with Gasteiger partial charge in [0.05, 0.1) is 5.69 Å². The van der Waals surface area contributed by atoms with E-state index in [0.29, 0.717) is 24.8 Å². The van der Waals surface area contributed by atoms with Crippen LogP contribution in [-0.2, 0) is 11.2 Å². The Morgan fingerprint density at radius 2 is 2.11 bits per heavy atom. The summed E-state index contributed by atoms with van der Waals surface area (Å²) in [5.41, 5.74) is 0.0251. The predicted molar refractivity (Wildman–Crippen MR) is 70.4 cm³/mol. The monoisotopic (exact) mass is 266 g/mol. The van der Waals surface area contributed by atoms with Gasteiger partial charge in [0.1, 0.15) is 5.60 Å². The molecule has 0 fully saturated rings. The summed E-state index contributed by atoms with van der Waals surface area (Å²) in [5.74, 6) is 0. The van der Waals surface area contributed by atoms with Crippen LogP contribution in [0.1, 0.15) is 36.8 Å². The van der Waals surface area contributed by atoms with Gasteiger partial charge in [-0.2, -0.15) is 0 Å². The summed E-state index contributed by atoms with van der Waals surface area (Å²) in [6.07, 6.45) is 0.517. The fourth-order valence-electron chi connectivity index (χ4n) is 1.46. The summed E-state index contributed by atoms with van der Waals surface area (Å²) in [4.78, 5) is 35.6. The van der Waals surface area contributed by atoms with Gasteiger partial charge in [0.2, 0.25) is 5.56 Å². The molecular formula is C13H18N2O4. The van der Waals surface area contributed by atoms with Crippen molar-refractivity contribution in [1.29, 1.82) is 0 Å². The first-order valence-electron chi connectivity index (χ1n) is 5.95. The Morgan fingerprint density at radius 1 is 1.42 bits per heavy atom. The first-order chi connectivity index (χ1) is 8.80. The normalized spacial score (nSPS) is 10.9. The molecule has 6 nitrogen and oxygen atoms in total. The molecule has 1 rings (SSSR count). The molecule has 0 unspecified atom stereocenters. The lowest BCUT2D eigenvalue weighted by molar-refractivity contribution is 0.0528. The van der Waals surface area contributed by atoms with E-state index in [9.17, 15) is 14.4 Å². The number of aromatic amines is 1. The highest BCUT2D eigenvalue weighted by atomic mass is 16.6.